The zero-order valence-electron chi connectivity index (χ0n) is 7.38. The Balaban J connectivity index is 2.84. The van der Waals surface area contributed by atoms with Crippen LogP contribution in [0.3, 0.4) is 0 Å². The highest BCUT2D eigenvalue weighted by Gasteiger charge is 2.20. The van der Waals surface area contributed by atoms with Crippen molar-refractivity contribution >= 4 is 19.3 Å². The van der Waals surface area contributed by atoms with E-state index >= 15 is 0 Å². The Morgan fingerprint density at radius 1 is 1.36 bits per heavy atom. The van der Waals surface area contributed by atoms with Crippen LogP contribution in [0.1, 0.15) is 12.0 Å². The van der Waals surface area contributed by atoms with Gasteiger partial charge in [0.25, 0.3) is 0 Å². The van der Waals surface area contributed by atoms with Gasteiger partial charge in [-0.05, 0) is 17.1 Å². The standard InChI is InChI=1S/C9H9O4P/c10-9(11)6-5-7-3-1-2-4-8(7)14(12)13/h1-4H,5-6H2,(H-,10,11,12,13)/p+1. The van der Waals surface area contributed by atoms with Crippen molar-refractivity contribution in [3.05, 3.63) is 29.8 Å². The number of carbonyl (C=O) groups is 1. The van der Waals surface area contributed by atoms with E-state index in [4.69, 9.17) is 10.00 Å². The van der Waals surface area contributed by atoms with E-state index in [1.165, 1.54) is 6.07 Å². The van der Waals surface area contributed by atoms with Gasteiger partial charge in [-0.2, -0.15) is 4.89 Å². The lowest BCUT2D eigenvalue weighted by molar-refractivity contribution is -0.136. The predicted molar refractivity (Wildman–Crippen MR) is 51.9 cm³/mol. The molecule has 1 aromatic carbocycles. The predicted octanol–water partition coefficient (Wildman–Crippen LogP) is 1.06. The maximum absolute atomic E-state index is 10.9. The Morgan fingerprint density at radius 3 is 2.57 bits per heavy atom. The van der Waals surface area contributed by atoms with Crippen molar-refractivity contribution in [2.75, 3.05) is 0 Å². The zero-order chi connectivity index (χ0) is 10.6. The van der Waals surface area contributed by atoms with Gasteiger partial charge in [-0.1, -0.05) is 18.2 Å². The molecule has 1 rings (SSSR count). The fourth-order valence-corrected chi connectivity index (χ4v) is 1.80. The molecule has 0 aromatic heterocycles. The average Bonchev–Trinajstić information content (AvgIpc) is 2.15. The van der Waals surface area contributed by atoms with Gasteiger partial charge in [-0.15, -0.1) is 0 Å². The van der Waals surface area contributed by atoms with Crippen LogP contribution in [0.4, 0.5) is 0 Å². The highest BCUT2D eigenvalue weighted by molar-refractivity contribution is 7.47. The number of aliphatic carboxylic acids is 1. The van der Waals surface area contributed by atoms with Crippen LogP contribution in [0, 0.1) is 0 Å². The van der Waals surface area contributed by atoms with E-state index in [-0.39, 0.29) is 12.8 Å². The summed E-state index contributed by atoms with van der Waals surface area (Å²) in [5.41, 5.74) is 0.624. The summed E-state index contributed by atoms with van der Waals surface area (Å²) in [6.45, 7) is 0. The quantitative estimate of drug-likeness (QED) is 0.733. The molecule has 2 N–H and O–H groups in total. The molecule has 0 fully saturated rings. The molecule has 0 bridgehead atoms. The lowest BCUT2D eigenvalue weighted by Crippen LogP contribution is -2.07. The van der Waals surface area contributed by atoms with Crippen LogP contribution in [0.15, 0.2) is 24.3 Å². The molecule has 0 amide bonds. The Hall–Kier alpha value is -1.25. The van der Waals surface area contributed by atoms with E-state index in [0.717, 1.165) is 0 Å². The van der Waals surface area contributed by atoms with Crippen LogP contribution in [0.5, 0.6) is 0 Å². The van der Waals surface area contributed by atoms with Gasteiger partial charge >= 0.3 is 14.0 Å². The first-order valence-corrected chi connectivity index (χ1v) is 5.28. The van der Waals surface area contributed by atoms with Crippen LogP contribution in [0.25, 0.3) is 0 Å². The van der Waals surface area contributed by atoms with Gasteiger partial charge in [0.05, 0.1) is 0 Å². The summed E-state index contributed by atoms with van der Waals surface area (Å²) >= 11 is 0. The molecule has 1 unspecified atom stereocenters. The van der Waals surface area contributed by atoms with Crippen molar-refractivity contribution in [1.82, 2.24) is 0 Å². The van der Waals surface area contributed by atoms with Crippen molar-refractivity contribution in [3.8, 4) is 0 Å². The number of rotatable bonds is 4. The van der Waals surface area contributed by atoms with Crippen LogP contribution < -0.4 is 5.30 Å². The highest BCUT2D eigenvalue weighted by Crippen LogP contribution is 2.16. The third kappa shape index (κ3) is 2.91. The minimum absolute atomic E-state index is 0.0276. The number of carboxylic acid groups (broad SMARTS) is 1. The minimum atomic E-state index is -2.39. The summed E-state index contributed by atoms with van der Waals surface area (Å²) in [6.07, 6.45) is 0.257. The second-order valence-corrected chi connectivity index (χ2v) is 3.82. The zero-order valence-corrected chi connectivity index (χ0v) is 8.28. The van der Waals surface area contributed by atoms with Crippen LogP contribution >= 0.6 is 8.03 Å². The monoisotopic (exact) mass is 213 g/mol. The summed E-state index contributed by atoms with van der Waals surface area (Å²) in [6, 6.07) is 6.58. The number of carboxylic acids is 1. The maximum Gasteiger partial charge on any atom is 0.546 e. The Bertz CT molecular complexity index is 362. The minimum Gasteiger partial charge on any atom is -0.481 e. The van der Waals surface area contributed by atoms with Gasteiger partial charge in [-0.25, -0.2) is 0 Å². The molecule has 0 saturated heterocycles. The molecule has 1 aromatic rings. The van der Waals surface area contributed by atoms with Gasteiger partial charge in [-0.3, -0.25) is 4.79 Å². The number of aryl methyl sites for hydroxylation is 1. The molecule has 1 atom stereocenters. The number of hydrogen-bond donors (Lipinski definition) is 2. The molecule has 4 nitrogen and oxygen atoms in total. The van der Waals surface area contributed by atoms with Crippen molar-refractivity contribution < 1.29 is 19.4 Å². The van der Waals surface area contributed by atoms with Crippen molar-refractivity contribution in [1.29, 1.82) is 0 Å². The SMILES string of the molecule is O=C(O)CCc1ccccc1[P+](=O)O. The first-order valence-electron chi connectivity index (χ1n) is 4.07. The average molecular weight is 213 g/mol. The Labute approximate surface area is 82.1 Å². The first kappa shape index (κ1) is 10.8. The number of hydrogen-bond acceptors (Lipinski definition) is 2. The molecule has 14 heavy (non-hydrogen) atoms. The fraction of sp³-hybridized carbons (Fsp3) is 0.222. The summed E-state index contributed by atoms with van der Waals surface area (Å²) in [5, 5.41) is 8.79. The van der Waals surface area contributed by atoms with E-state index in [0.29, 0.717) is 10.9 Å². The molecule has 0 aliphatic heterocycles. The highest BCUT2D eigenvalue weighted by atomic mass is 31.1. The summed E-state index contributed by atoms with van der Waals surface area (Å²) in [4.78, 5) is 19.3. The van der Waals surface area contributed by atoms with Crippen molar-refractivity contribution in [2.24, 2.45) is 0 Å². The fourth-order valence-electron chi connectivity index (χ4n) is 1.15. The molecule has 74 valence electrons. The van der Waals surface area contributed by atoms with Crippen molar-refractivity contribution in [2.45, 2.75) is 12.8 Å². The molecular formula is C9H10O4P+. The molecular weight excluding hydrogens is 203 g/mol. The molecule has 0 saturated carbocycles. The smallest absolute Gasteiger partial charge is 0.481 e. The van der Waals surface area contributed by atoms with Gasteiger partial charge < -0.3 is 5.11 Å². The van der Waals surface area contributed by atoms with E-state index in [2.05, 4.69) is 0 Å². The van der Waals surface area contributed by atoms with Crippen LogP contribution in [-0.2, 0) is 15.8 Å². The summed E-state index contributed by atoms with van der Waals surface area (Å²) in [7, 11) is -2.39. The molecule has 0 spiro atoms. The lowest BCUT2D eigenvalue weighted by atomic mass is 10.1. The lowest BCUT2D eigenvalue weighted by Gasteiger charge is -1.96. The molecule has 0 aliphatic carbocycles. The second-order valence-electron chi connectivity index (χ2n) is 2.80. The third-order valence-electron chi connectivity index (χ3n) is 1.81. The molecule has 0 heterocycles. The maximum atomic E-state index is 10.9. The van der Waals surface area contributed by atoms with Gasteiger partial charge in [0.2, 0.25) is 5.30 Å². The second kappa shape index (κ2) is 4.84. The van der Waals surface area contributed by atoms with Gasteiger partial charge in [0.1, 0.15) is 0 Å². The van der Waals surface area contributed by atoms with E-state index in [9.17, 15) is 9.36 Å². The van der Waals surface area contributed by atoms with Crippen LogP contribution in [0.2, 0.25) is 0 Å². The molecule has 0 aliphatic rings. The first-order chi connectivity index (χ1) is 6.61. The van der Waals surface area contributed by atoms with Gasteiger partial charge in [0.15, 0.2) is 0 Å². The number of benzene rings is 1. The van der Waals surface area contributed by atoms with E-state index in [1.54, 1.807) is 18.2 Å². The Morgan fingerprint density at radius 2 is 2.00 bits per heavy atom. The molecule has 5 heteroatoms. The third-order valence-corrected chi connectivity index (χ3v) is 2.65. The largest absolute Gasteiger partial charge is 0.546 e. The normalized spacial score (nSPS) is 11.1. The van der Waals surface area contributed by atoms with E-state index < -0.39 is 14.0 Å². The topological polar surface area (TPSA) is 74.6 Å². The summed E-state index contributed by atoms with van der Waals surface area (Å²) in [5.74, 6) is -0.909. The Kier molecular flexibility index (Phi) is 3.74. The summed E-state index contributed by atoms with van der Waals surface area (Å²) < 4.78 is 10.9. The molecule has 0 radical (unpaired) electrons. The van der Waals surface area contributed by atoms with Gasteiger partial charge in [0, 0.05) is 12.0 Å². The van der Waals surface area contributed by atoms with E-state index in [1.807, 2.05) is 0 Å². The van der Waals surface area contributed by atoms with Crippen LogP contribution in [-0.4, -0.2) is 16.0 Å². The van der Waals surface area contributed by atoms with Crippen molar-refractivity contribution in [3.63, 3.8) is 0 Å².